The molecule has 1 aromatic carbocycles. The number of hydrogen-bond acceptors (Lipinski definition) is 3. The van der Waals surface area contributed by atoms with Crippen molar-refractivity contribution in [1.82, 2.24) is 5.32 Å². The topological polar surface area (TPSA) is 38.3 Å². The fourth-order valence-corrected chi connectivity index (χ4v) is 2.21. The van der Waals surface area contributed by atoms with Crippen molar-refractivity contribution in [2.24, 2.45) is 0 Å². The fourth-order valence-electron chi connectivity index (χ4n) is 2.21. The van der Waals surface area contributed by atoms with Crippen LogP contribution in [0.5, 0.6) is 0 Å². The summed E-state index contributed by atoms with van der Waals surface area (Å²) in [4.78, 5) is 11.5. The average Bonchev–Trinajstić information content (AvgIpc) is 2.25. The molecule has 0 spiro atoms. The Labute approximate surface area is 89.4 Å². The first-order valence-electron chi connectivity index (χ1n) is 5.11. The smallest absolute Gasteiger partial charge is 0.323 e. The maximum atomic E-state index is 11.5. The number of carbonyl (C=O) groups excluding carboxylic acids is 1. The van der Waals surface area contributed by atoms with Crippen molar-refractivity contribution < 1.29 is 9.53 Å². The molecule has 0 heterocycles. The van der Waals surface area contributed by atoms with Crippen molar-refractivity contribution in [3.05, 3.63) is 35.4 Å². The molecule has 1 aromatic rings. The van der Waals surface area contributed by atoms with Crippen LogP contribution in [0.1, 0.15) is 17.0 Å². The highest BCUT2D eigenvalue weighted by atomic mass is 16.5. The van der Waals surface area contributed by atoms with E-state index in [9.17, 15) is 4.79 Å². The van der Waals surface area contributed by atoms with Crippen molar-refractivity contribution in [2.45, 2.75) is 18.4 Å². The minimum atomic E-state index is -0.218. The molecule has 1 N–H and O–H groups in total. The second-order valence-corrected chi connectivity index (χ2v) is 3.80. The maximum Gasteiger partial charge on any atom is 0.323 e. The third-order valence-electron chi connectivity index (χ3n) is 3.06. The summed E-state index contributed by atoms with van der Waals surface area (Å²) >= 11 is 0. The molecule has 0 bridgehead atoms. The first-order chi connectivity index (χ1) is 7.27. The van der Waals surface area contributed by atoms with Gasteiger partial charge in [0.1, 0.15) is 6.04 Å². The van der Waals surface area contributed by atoms with E-state index in [0.29, 0.717) is 0 Å². The van der Waals surface area contributed by atoms with E-state index in [0.717, 1.165) is 6.42 Å². The van der Waals surface area contributed by atoms with Crippen LogP contribution < -0.4 is 5.32 Å². The lowest BCUT2D eigenvalue weighted by atomic mass is 9.73. The van der Waals surface area contributed by atoms with E-state index in [-0.39, 0.29) is 17.9 Å². The maximum absolute atomic E-state index is 11.5. The van der Waals surface area contributed by atoms with E-state index in [1.165, 1.54) is 18.2 Å². The number of nitrogens with one attached hydrogen (secondary N) is 1. The highest BCUT2D eigenvalue weighted by Gasteiger charge is 2.36. The SMILES string of the molecule is CNC(C(=O)OC)C1Cc2ccccc21. The number of carbonyl (C=O) groups is 1. The van der Waals surface area contributed by atoms with Crippen LogP contribution in [0.4, 0.5) is 0 Å². The van der Waals surface area contributed by atoms with Gasteiger partial charge in [0.05, 0.1) is 7.11 Å². The van der Waals surface area contributed by atoms with E-state index in [4.69, 9.17) is 4.74 Å². The highest BCUT2D eigenvalue weighted by Crippen LogP contribution is 2.37. The monoisotopic (exact) mass is 205 g/mol. The number of ether oxygens (including phenoxy) is 1. The fraction of sp³-hybridized carbons (Fsp3) is 0.417. The van der Waals surface area contributed by atoms with Crippen molar-refractivity contribution in [3.8, 4) is 0 Å². The Balaban J connectivity index is 2.18. The van der Waals surface area contributed by atoms with Gasteiger partial charge in [-0.1, -0.05) is 24.3 Å². The summed E-state index contributed by atoms with van der Waals surface area (Å²) in [7, 11) is 3.22. The van der Waals surface area contributed by atoms with Crippen LogP contribution in [0, 0.1) is 0 Å². The van der Waals surface area contributed by atoms with Gasteiger partial charge in [0.2, 0.25) is 0 Å². The molecule has 2 rings (SSSR count). The first-order valence-corrected chi connectivity index (χ1v) is 5.11. The Kier molecular flexibility index (Phi) is 2.73. The molecule has 3 nitrogen and oxygen atoms in total. The Morgan fingerprint density at radius 2 is 2.27 bits per heavy atom. The third kappa shape index (κ3) is 1.63. The standard InChI is InChI=1S/C12H15NO2/c1-13-11(12(14)15-2)10-7-8-5-3-4-6-9(8)10/h3-6,10-11,13H,7H2,1-2H3. The van der Waals surface area contributed by atoms with Crippen molar-refractivity contribution in [3.63, 3.8) is 0 Å². The van der Waals surface area contributed by atoms with Gasteiger partial charge in [-0.25, -0.2) is 0 Å². The number of methoxy groups -OCH3 is 1. The molecule has 1 aliphatic carbocycles. The number of hydrogen-bond donors (Lipinski definition) is 1. The van der Waals surface area contributed by atoms with Gasteiger partial charge in [-0.15, -0.1) is 0 Å². The summed E-state index contributed by atoms with van der Waals surface area (Å²) < 4.78 is 4.77. The Morgan fingerprint density at radius 1 is 1.53 bits per heavy atom. The van der Waals surface area contributed by atoms with Gasteiger partial charge in [-0.05, 0) is 24.6 Å². The summed E-state index contributed by atoms with van der Waals surface area (Å²) in [5.74, 6) is 0.0793. The van der Waals surface area contributed by atoms with E-state index in [2.05, 4.69) is 17.4 Å². The van der Waals surface area contributed by atoms with E-state index in [1.807, 2.05) is 12.1 Å². The van der Waals surface area contributed by atoms with Gasteiger partial charge in [0.25, 0.3) is 0 Å². The average molecular weight is 205 g/mol. The van der Waals surface area contributed by atoms with E-state index < -0.39 is 0 Å². The lowest BCUT2D eigenvalue weighted by molar-refractivity contribution is -0.143. The van der Waals surface area contributed by atoms with Crippen LogP contribution in [0.2, 0.25) is 0 Å². The molecule has 0 saturated heterocycles. The summed E-state index contributed by atoms with van der Waals surface area (Å²) in [5.41, 5.74) is 2.61. The predicted octanol–water partition coefficient (Wildman–Crippen LogP) is 1.09. The predicted molar refractivity (Wildman–Crippen MR) is 57.8 cm³/mol. The number of benzene rings is 1. The lowest BCUT2D eigenvalue weighted by Gasteiger charge is -2.34. The normalized spacial score (nSPS) is 20.0. The van der Waals surface area contributed by atoms with Crippen LogP contribution in [0.25, 0.3) is 0 Å². The summed E-state index contributed by atoms with van der Waals surface area (Å²) in [5, 5.41) is 3.02. The minimum Gasteiger partial charge on any atom is -0.468 e. The molecule has 0 aromatic heterocycles. The lowest BCUT2D eigenvalue weighted by Crippen LogP contribution is -2.44. The zero-order valence-electron chi connectivity index (χ0n) is 8.99. The van der Waals surface area contributed by atoms with Crippen molar-refractivity contribution in [1.29, 1.82) is 0 Å². The summed E-state index contributed by atoms with van der Waals surface area (Å²) in [6.07, 6.45) is 0.955. The molecular weight excluding hydrogens is 190 g/mol. The van der Waals surface area contributed by atoms with Gasteiger partial charge in [0.15, 0.2) is 0 Å². The zero-order chi connectivity index (χ0) is 10.8. The Morgan fingerprint density at radius 3 is 2.87 bits per heavy atom. The molecule has 0 fully saturated rings. The first kappa shape index (κ1) is 10.2. The number of fused-ring (bicyclic) bond motifs is 1. The van der Waals surface area contributed by atoms with E-state index >= 15 is 0 Å². The largest absolute Gasteiger partial charge is 0.468 e. The molecule has 3 heteroatoms. The molecule has 2 unspecified atom stereocenters. The zero-order valence-corrected chi connectivity index (χ0v) is 8.99. The number of esters is 1. The Hall–Kier alpha value is -1.35. The number of likely N-dealkylation sites (N-methyl/N-ethyl adjacent to an activating group) is 1. The molecule has 15 heavy (non-hydrogen) atoms. The van der Waals surface area contributed by atoms with Gasteiger partial charge < -0.3 is 10.1 Å². The van der Waals surface area contributed by atoms with Crippen LogP contribution in [-0.2, 0) is 16.0 Å². The van der Waals surface area contributed by atoms with Gasteiger partial charge in [0, 0.05) is 5.92 Å². The number of rotatable bonds is 3. The molecule has 0 saturated carbocycles. The molecular formula is C12H15NO2. The molecule has 2 atom stereocenters. The van der Waals surface area contributed by atoms with Gasteiger partial charge in [-0.2, -0.15) is 0 Å². The van der Waals surface area contributed by atoms with Gasteiger partial charge >= 0.3 is 5.97 Å². The van der Waals surface area contributed by atoms with Crippen LogP contribution in [-0.4, -0.2) is 26.2 Å². The summed E-state index contributed by atoms with van der Waals surface area (Å²) in [6.45, 7) is 0. The minimum absolute atomic E-state index is 0.183. The molecule has 0 radical (unpaired) electrons. The molecule has 0 amide bonds. The van der Waals surface area contributed by atoms with Crippen LogP contribution in [0.3, 0.4) is 0 Å². The van der Waals surface area contributed by atoms with Crippen molar-refractivity contribution in [2.75, 3.05) is 14.2 Å². The van der Waals surface area contributed by atoms with Crippen LogP contribution >= 0.6 is 0 Å². The Bertz CT molecular complexity index is 376. The highest BCUT2D eigenvalue weighted by molar-refractivity contribution is 5.78. The van der Waals surface area contributed by atoms with Gasteiger partial charge in [-0.3, -0.25) is 4.79 Å². The van der Waals surface area contributed by atoms with E-state index in [1.54, 1.807) is 7.05 Å². The molecule has 1 aliphatic rings. The van der Waals surface area contributed by atoms with Crippen molar-refractivity contribution >= 4 is 5.97 Å². The van der Waals surface area contributed by atoms with Crippen LogP contribution in [0.15, 0.2) is 24.3 Å². The molecule has 0 aliphatic heterocycles. The third-order valence-corrected chi connectivity index (χ3v) is 3.06. The molecule has 80 valence electrons. The summed E-state index contributed by atoms with van der Waals surface area (Å²) in [6, 6.07) is 8.01. The second kappa shape index (κ2) is 4.03. The second-order valence-electron chi connectivity index (χ2n) is 3.80. The quantitative estimate of drug-likeness (QED) is 0.751.